The fourth-order valence-corrected chi connectivity index (χ4v) is 4.73. The van der Waals surface area contributed by atoms with Gasteiger partial charge in [-0.05, 0) is 55.0 Å². The van der Waals surface area contributed by atoms with Crippen LogP contribution in [0.5, 0.6) is 17.2 Å². The third-order valence-electron chi connectivity index (χ3n) is 7.00. The van der Waals surface area contributed by atoms with Gasteiger partial charge in [-0.15, -0.1) is 0 Å². The van der Waals surface area contributed by atoms with Gasteiger partial charge in [0.2, 0.25) is 0 Å². The molecule has 0 saturated heterocycles. The summed E-state index contributed by atoms with van der Waals surface area (Å²) in [6, 6.07) is 28.6. The number of ether oxygens (including phenoxy) is 3. The molecule has 0 fully saturated rings. The van der Waals surface area contributed by atoms with E-state index < -0.39 is 17.9 Å². The summed E-state index contributed by atoms with van der Waals surface area (Å²) in [6.45, 7) is 2.84. The first-order valence-corrected chi connectivity index (χ1v) is 15.3. The van der Waals surface area contributed by atoms with Gasteiger partial charge in [-0.2, -0.15) is 0 Å². The predicted molar refractivity (Wildman–Crippen MR) is 172 cm³/mol. The number of unbranched alkanes of at least 4 members (excludes halogenated alkanes) is 7. The predicted octanol–water partition coefficient (Wildman–Crippen LogP) is 8.90. The Bertz CT molecular complexity index is 1410. The summed E-state index contributed by atoms with van der Waals surface area (Å²) in [5.41, 5.74) is 0.0176. The van der Waals surface area contributed by atoms with E-state index in [4.69, 9.17) is 14.2 Å². The molecule has 7 nitrogen and oxygen atoms in total. The molecule has 0 aliphatic carbocycles. The molecule has 0 spiro atoms. The first-order valence-electron chi connectivity index (χ1n) is 15.3. The fraction of sp³-hybridized carbons (Fsp3) is 0.270. The number of benzene rings is 4. The van der Waals surface area contributed by atoms with Crippen molar-refractivity contribution >= 4 is 23.6 Å². The first-order chi connectivity index (χ1) is 21.5. The maximum Gasteiger partial charge on any atom is 0.345 e. The molecule has 0 unspecified atom stereocenters. The molecule has 0 radical (unpaired) electrons. The molecule has 44 heavy (non-hydrogen) atoms. The number of rotatable bonds is 16. The summed E-state index contributed by atoms with van der Waals surface area (Å²) in [5.74, 6) is -1.64. The van der Waals surface area contributed by atoms with Crippen LogP contribution in [0.25, 0.3) is 0 Å². The minimum Gasteiger partial charge on any atom is -0.423 e. The van der Waals surface area contributed by atoms with Crippen LogP contribution < -0.4 is 19.5 Å². The van der Waals surface area contributed by atoms with Crippen molar-refractivity contribution < 1.29 is 28.6 Å². The van der Waals surface area contributed by atoms with E-state index in [1.54, 1.807) is 91.0 Å². The van der Waals surface area contributed by atoms with Crippen LogP contribution >= 0.6 is 0 Å². The minimum atomic E-state index is -0.883. The number of hydrogen-bond donors (Lipinski definition) is 1. The van der Waals surface area contributed by atoms with Gasteiger partial charge in [0, 0.05) is 12.2 Å². The Morgan fingerprint density at radius 2 is 0.909 bits per heavy atom. The highest BCUT2D eigenvalue weighted by Gasteiger charge is 2.30. The highest BCUT2D eigenvalue weighted by atomic mass is 16.5. The first kappa shape index (κ1) is 32.0. The van der Waals surface area contributed by atoms with E-state index in [-0.39, 0.29) is 22.4 Å². The Kier molecular flexibility index (Phi) is 12.6. The highest BCUT2D eigenvalue weighted by Crippen LogP contribution is 2.27. The average molecular weight is 594 g/mol. The van der Waals surface area contributed by atoms with E-state index in [0.29, 0.717) is 23.7 Å². The lowest BCUT2D eigenvalue weighted by molar-refractivity contribution is 0.0674. The molecule has 0 aliphatic rings. The van der Waals surface area contributed by atoms with Crippen molar-refractivity contribution in [2.75, 3.05) is 11.9 Å². The molecule has 7 heteroatoms. The molecular formula is C37H39NO6. The van der Waals surface area contributed by atoms with Gasteiger partial charge in [0.1, 0.15) is 17.2 Å². The summed E-state index contributed by atoms with van der Waals surface area (Å²) in [6.07, 6.45) is 9.38. The van der Waals surface area contributed by atoms with E-state index in [1.807, 2.05) is 0 Å². The molecule has 0 heterocycles. The Hall–Kier alpha value is -4.91. The van der Waals surface area contributed by atoms with Crippen molar-refractivity contribution in [3.63, 3.8) is 0 Å². The molecule has 228 valence electrons. The lowest BCUT2D eigenvalue weighted by Gasteiger charge is -2.16. The standard InChI is InChI=1S/C37H39NO6/c1-2-3-4-5-6-7-8-18-25-38-28-26-32(35(39)42-29-19-12-9-13-20-29)34(37(41)44-31-23-16-11-17-24-31)33(27-28)36(40)43-30-21-14-10-15-22-30/h9-17,19-24,26-27,38H,2-8,18,25H2,1H3. The zero-order valence-corrected chi connectivity index (χ0v) is 25.1. The number of esters is 3. The zero-order valence-electron chi connectivity index (χ0n) is 25.1. The van der Waals surface area contributed by atoms with E-state index in [2.05, 4.69) is 12.2 Å². The number of para-hydroxylation sites is 3. The Morgan fingerprint density at radius 1 is 0.523 bits per heavy atom. The van der Waals surface area contributed by atoms with Crippen molar-refractivity contribution in [2.45, 2.75) is 58.3 Å². The lowest BCUT2D eigenvalue weighted by atomic mass is 9.99. The van der Waals surface area contributed by atoms with Crippen molar-refractivity contribution in [1.29, 1.82) is 0 Å². The second-order valence-corrected chi connectivity index (χ2v) is 10.5. The zero-order chi connectivity index (χ0) is 31.0. The molecule has 0 atom stereocenters. The Morgan fingerprint density at radius 3 is 1.34 bits per heavy atom. The van der Waals surface area contributed by atoms with Gasteiger partial charge >= 0.3 is 17.9 Å². The molecule has 0 aliphatic heterocycles. The molecule has 0 saturated carbocycles. The number of nitrogens with one attached hydrogen (secondary N) is 1. The second-order valence-electron chi connectivity index (χ2n) is 10.5. The maximum absolute atomic E-state index is 13.6. The quantitative estimate of drug-likeness (QED) is 0.0788. The summed E-state index contributed by atoms with van der Waals surface area (Å²) in [4.78, 5) is 40.8. The number of anilines is 1. The molecule has 4 aromatic carbocycles. The van der Waals surface area contributed by atoms with Gasteiger partial charge in [-0.3, -0.25) is 0 Å². The smallest absolute Gasteiger partial charge is 0.345 e. The van der Waals surface area contributed by atoms with Crippen molar-refractivity contribution in [3.05, 3.63) is 120 Å². The van der Waals surface area contributed by atoms with Crippen LogP contribution in [0.1, 0.15) is 89.4 Å². The largest absolute Gasteiger partial charge is 0.423 e. The summed E-state index contributed by atoms with van der Waals surface area (Å²) in [7, 11) is 0. The van der Waals surface area contributed by atoms with E-state index in [1.165, 1.54) is 44.2 Å². The van der Waals surface area contributed by atoms with Crippen molar-refractivity contribution in [3.8, 4) is 17.2 Å². The van der Waals surface area contributed by atoms with Crippen LogP contribution in [0.3, 0.4) is 0 Å². The topological polar surface area (TPSA) is 90.9 Å². The van der Waals surface area contributed by atoms with Crippen molar-refractivity contribution in [2.24, 2.45) is 0 Å². The monoisotopic (exact) mass is 593 g/mol. The third kappa shape index (κ3) is 9.83. The van der Waals surface area contributed by atoms with Gasteiger partial charge in [0.15, 0.2) is 0 Å². The van der Waals surface area contributed by atoms with Gasteiger partial charge in [-0.1, -0.05) is 106 Å². The van der Waals surface area contributed by atoms with Gasteiger partial charge < -0.3 is 19.5 Å². The van der Waals surface area contributed by atoms with Crippen LogP contribution in [0.4, 0.5) is 5.69 Å². The Balaban J connectivity index is 1.64. The van der Waals surface area contributed by atoms with Gasteiger partial charge in [0.25, 0.3) is 0 Å². The third-order valence-corrected chi connectivity index (χ3v) is 7.00. The van der Waals surface area contributed by atoms with Crippen LogP contribution in [0.2, 0.25) is 0 Å². The SMILES string of the molecule is CCCCCCCCCCNc1cc(C(=O)Oc2ccccc2)c(C(=O)Oc2ccccc2)c(C(=O)Oc2ccccc2)c1. The minimum absolute atomic E-state index is 0.115. The maximum atomic E-state index is 13.6. The highest BCUT2D eigenvalue weighted by molar-refractivity contribution is 6.12. The van der Waals surface area contributed by atoms with Gasteiger partial charge in [0.05, 0.1) is 16.7 Å². The van der Waals surface area contributed by atoms with Crippen LogP contribution in [0.15, 0.2) is 103 Å². The van der Waals surface area contributed by atoms with Crippen LogP contribution in [-0.2, 0) is 0 Å². The summed E-state index contributed by atoms with van der Waals surface area (Å²) in [5, 5.41) is 3.32. The van der Waals surface area contributed by atoms with E-state index in [9.17, 15) is 14.4 Å². The van der Waals surface area contributed by atoms with Crippen molar-refractivity contribution in [1.82, 2.24) is 0 Å². The molecule has 4 rings (SSSR count). The Labute approximate surface area is 259 Å². The molecule has 1 N–H and O–H groups in total. The molecule has 0 aromatic heterocycles. The van der Waals surface area contributed by atoms with Crippen LogP contribution in [0, 0.1) is 0 Å². The second kappa shape index (κ2) is 17.3. The number of carbonyl (C=O) groups excluding carboxylic acids is 3. The molecular weight excluding hydrogens is 554 g/mol. The summed E-state index contributed by atoms with van der Waals surface area (Å²) >= 11 is 0. The van der Waals surface area contributed by atoms with Crippen LogP contribution in [-0.4, -0.2) is 24.5 Å². The van der Waals surface area contributed by atoms with E-state index in [0.717, 1.165) is 19.3 Å². The fourth-order valence-electron chi connectivity index (χ4n) is 4.73. The normalized spacial score (nSPS) is 10.6. The number of hydrogen-bond acceptors (Lipinski definition) is 7. The molecule has 4 aromatic rings. The lowest BCUT2D eigenvalue weighted by Crippen LogP contribution is -2.24. The summed E-state index contributed by atoms with van der Waals surface area (Å²) < 4.78 is 16.8. The molecule has 0 bridgehead atoms. The molecule has 0 amide bonds. The number of carbonyl (C=O) groups is 3. The van der Waals surface area contributed by atoms with E-state index >= 15 is 0 Å². The average Bonchev–Trinajstić information content (AvgIpc) is 3.05. The van der Waals surface area contributed by atoms with Gasteiger partial charge in [-0.25, -0.2) is 14.4 Å².